The monoisotopic (exact) mass is 306 g/mol. The summed E-state index contributed by atoms with van der Waals surface area (Å²) in [5, 5.41) is 14.6. The Morgan fingerprint density at radius 3 is 2.43 bits per heavy atom. The summed E-state index contributed by atoms with van der Waals surface area (Å²) in [5.41, 5.74) is -3.96. The van der Waals surface area contributed by atoms with E-state index in [-0.39, 0.29) is 6.42 Å². The molecule has 1 heterocycles. The van der Waals surface area contributed by atoms with Gasteiger partial charge in [-0.1, -0.05) is 33.6 Å². The highest BCUT2D eigenvalue weighted by Gasteiger charge is 2.68. The van der Waals surface area contributed by atoms with E-state index >= 15 is 0 Å². The molecule has 120 valence electrons. The number of fused-ring (bicyclic) bond motifs is 1. The van der Waals surface area contributed by atoms with Gasteiger partial charge in [0.25, 0.3) is 11.6 Å². The van der Waals surface area contributed by atoms with E-state index in [2.05, 4.69) is 5.10 Å². The van der Waals surface area contributed by atoms with Gasteiger partial charge in [0.05, 0.1) is 5.92 Å². The molecule has 0 bridgehead atoms. The summed E-state index contributed by atoms with van der Waals surface area (Å²) in [4.78, 5) is 12.3. The highest BCUT2D eigenvalue weighted by atomic mass is 19.4. The number of hydrazone groups is 1. The number of hydrogen-bond donors (Lipinski definition) is 1. The number of hydrogen-bond acceptors (Lipinski definition) is 3. The summed E-state index contributed by atoms with van der Waals surface area (Å²) in [6, 6.07) is 0. The predicted octanol–water partition coefficient (Wildman–Crippen LogP) is 3.06. The van der Waals surface area contributed by atoms with Crippen molar-refractivity contribution in [3.8, 4) is 0 Å². The third kappa shape index (κ3) is 2.56. The Labute approximate surface area is 122 Å². The second-order valence-electron chi connectivity index (χ2n) is 6.83. The molecule has 0 aromatic heterocycles. The van der Waals surface area contributed by atoms with E-state index < -0.39 is 29.1 Å². The molecule has 0 saturated heterocycles. The zero-order valence-corrected chi connectivity index (χ0v) is 12.5. The van der Waals surface area contributed by atoms with E-state index in [1.165, 1.54) is 20.8 Å². The van der Waals surface area contributed by atoms with Crippen LogP contribution in [0.4, 0.5) is 13.2 Å². The Bertz CT molecular complexity index is 468. The topological polar surface area (TPSA) is 52.9 Å². The van der Waals surface area contributed by atoms with Crippen LogP contribution in [0.1, 0.15) is 52.9 Å². The molecule has 1 aliphatic heterocycles. The fourth-order valence-electron chi connectivity index (χ4n) is 2.91. The summed E-state index contributed by atoms with van der Waals surface area (Å²) in [6.45, 7) is 4.54. The number of carbonyl (C=O) groups excluding carboxylic acids is 1. The molecule has 1 fully saturated rings. The second-order valence-corrected chi connectivity index (χ2v) is 6.83. The minimum Gasteiger partial charge on any atom is -0.362 e. The molecule has 0 aromatic carbocycles. The van der Waals surface area contributed by atoms with Gasteiger partial charge in [-0.25, -0.2) is 0 Å². The zero-order chi connectivity index (χ0) is 16.1. The van der Waals surface area contributed by atoms with Crippen molar-refractivity contribution in [2.24, 2.45) is 16.4 Å². The van der Waals surface area contributed by atoms with Gasteiger partial charge in [0, 0.05) is 11.1 Å². The van der Waals surface area contributed by atoms with Crippen molar-refractivity contribution in [3.05, 3.63) is 0 Å². The average molecular weight is 306 g/mol. The van der Waals surface area contributed by atoms with Crippen LogP contribution in [0.15, 0.2) is 5.10 Å². The van der Waals surface area contributed by atoms with Crippen molar-refractivity contribution in [1.82, 2.24) is 5.01 Å². The minimum absolute atomic E-state index is 0.197. The maximum Gasteiger partial charge on any atom is 0.439 e. The van der Waals surface area contributed by atoms with Crippen LogP contribution < -0.4 is 0 Å². The fraction of sp³-hybridized carbons (Fsp3) is 0.857. The lowest BCUT2D eigenvalue weighted by atomic mass is 9.86. The largest absolute Gasteiger partial charge is 0.439 e. The molecular formula is C14H21F3N2O2. The van der Waals surface area contributed by atoms with Gasteiger partial charge in [-0.2, -0.15) is 23.3 Å². The first-order valence-corrected chi connectivity index (χ1v) is 7.20. The maximum absolute atomic E-state index is 13.5. The molecule has 1 N–H and O–H groups in total. The van der Waals surface area contributed by atoms with Gasteiger partial charge in [-0.15, -0.1) is 0 Å². The molecule has 1 amide bonds. The average Bonchev–Trinajstić information content (AvgIpc) is 2.50. The summed E-state index contributed by atoms with van der Waals surface area (Å²) in [5.74, 6) is -1.96. The standard InChI is InChI=1S/C14H21F3N2O2/c1-12(2,3)11(20)19-13(21,14(15,16)17)9-7-5-4-6-8-10(9)18-19/h9,21H,4-8H2,1-3H3/t9-,13-/m0/s1. The van der Waals surface area contributed by atoms with Crippen molar-refractivity contribution in [2.75, 3.05) is 0 Å². The molecule has 7 heteroatoms. The maximum atomic E-state index is 13.5. The number of rotatable bonds is 0. The third-order valence-electron chi connectivity index (χ3n) is 4.12. The van der Waals surface area contributed by atoms with Crippen LogP contribution in [0.3, 0.4) is 0 Å². The summed E-state index contributed by atoms with van der Waals surface area (Å²) in [7, 11) is 0. The van der Waals surface area contributed by atoms with E-state index in [1.54, 1.807) is 0 Å². The van der Waals surface area contributed by atoms with Gasteiger partial charge in [-0.05, 0) is 19.3 Å². The molecule has 2 atom stereocenters. The van der Waals surface area contributed by atoms with Crippen LogP contribution in [0.5, 0.6) is 0 Å². The van der Waals surface area contributed by atoms with Crippen molar-refractivity contribution in [1.29, 1.82) is 0 Å². The number of amides is 1. The van der Waals surface area contributed by atoms with Gasteiger partial charge in [0.1, 0.15) is 0 Å². The summed E-state index contributed by atoms with van der Waals surface area (Å²) < 4.78 is 40.6. The Balaban J connectivity index is 2.49. The molecule has 0 spiro atoms. The quantitative estimate of drug-likeness (QED) is 0.748. The number of nitrogens with zero attached hydrogens (tertiary/aromatic N) is 2. The normalized spacial score (nSPS) is 30.7. The smallest absolute Gasteiger partial charge is 0.362 e. The van der Waals surface area contributed by atoms with E-state index in [4.69, 9.17) is 0 Å². The molecule has 0 unspecified atom stereocenters. The first-order valence-electron chi connectivity index (χ1n) is 7.20. The minimum atomic E-state index is -4.94. The highest BCUT2D eigenvalue weighted by Crippen LogP contribution is 2.48. The summed E-state index contributed by atoms with van der Waals surface area (Å²) >= 11 is 0. The van der Waals surface area contributed by atoms with Gasteiger partial charge >= 0.3 is 6.18 Å². The first kappa shape index (κ1) is 16.3. The van der Waals surface area contributed by atoms with Crippen molar-refractivity contribution >= 4 is 11.6 Å². The Kier molecular flexibility index (Phi) is 3.85. The number of carbonyl (C=O) groups is 1. The SMILES string of the molecule is CC(C)(C)C(=O)N1N=C2CCCCC[C@@H]2[C@]1(O)C(F)(F)F. The van der Waals surface area contributed by atoms with Gasteiger partial charge in [-0.3, -0.25) is 4.79 Å². The lowest BCUT2D eigenvalue weighted by Gasteiger charge is -2.39. The number of aliphatic hydroxyl groups is 1. The van der Waals surface area contributed by atoms with Crippen LogP contribution in [0.25, 0.3) is 0 Å². The Morgan fingerprint density at radius 1 is 1.29 bits per heavy atom. The molecule has 1 saturated carbocycles. The molecule has 0 aromatic rings. The molecule has 2 aliphatic rings. The van der Waals surface area contributed by atoms with E-state index in [1.807, 2.05) is 0 Å². The fourth-order valence-corrected chi connectivity index (χ4v) is 2.91. The van der Waals surface area contributed by atoms with E-state index in [9.17, 15) is 23.1 Å². The molecular weight excluding hydrogens is 285 g/mol. The van der Waals surface area contributed by atoms with E-state index in [0.717, 1.165) is 12.8 Å². The van der Waals surface area contributed by atoms with Crippen molar-refractivity contribution in [3.63, 3.8) is 0 Å². The molecule has 21 heavy (non-hydrogen) atoms. The molecule has 0 radical (unpaired) electrons. The Morgan fingerprint density at radius 2 is 1.90 bits per heavy atom. The van der Waals surface area contributed by atoms with Crippen molar-refractivity contribution in [2.45, 2.75) is 64.8 Å². The number of halogens is 3. The van der Waals surface area contributed by atoms with Gasteiger partial charge < -0.3 is 5.11 Å². The molecule has 1 aliphatic carbocycles. The van der Waals surface area contributed by atoms with Crippen LogP contribution in [-0.4, -0.2) is 33.6 Å². The zero-order valence-electron chi connectivity index (χ0n) is 12.5. The van der Waals surface area contributed by atoms with Crippen LogP contribution in [0.2, 0.25) is 0 Å². The van der Waals surface area contributed by atoms with Crippen LogP contribution in [0, 0.1) is 11.3 Å². The van der Waals surface area contributed by atoms with E-state index in [0.29, 0.717) is 23.6 Å². The van der Waals surface area contributed by atoms with Gasteiger partial charge in [0.2, 0.25) is 0 Å². The first-order chi connectivity index (χ1) is 9.49. The Hall–Kier alpha value is -1.11. The number of alkyl halides is 3. The van der Waals surface area contributed by atoms with Crippen LogP contribution in [-0.2, 0) is 4.79 Å². The van der Waals surface area contributed by atoms with Crippen LogP contribution >= 0.6 is 0 Å². The lowest BCUT2D eigenvalue weighted by Crippen LogP contribution is -2.62. The molecule has 2 rings (SSSR count). The van der Waals surface area contributed by atoms with Crippen molar-refractivity contribution < 1.29 is 23.1 Å². The second kappa shape index (κ2) is 4.97. The lowest BCUT2D eigenvalue weighted by molar-refractivity contribution is -0.318. The predicted molar refractivity (Wildman–Crippen MR) is 71.3 cm³/mol. The summed E-state index contributed by atoms with van der Waals surface area (Å²) in [6.07, 6.45) is -2.19. The molecule has 4 nitrogen and oxygen atoms in total. The third-order valence-corrected chi connectivity index (χ3v) is 4.12. The highest BCUT2D eigenvalue weighted by molar-refractivity contribution is 5.94. The van der Waals surface area contributed by atoms with Gasteiger partial charge in [0.15, 0.2) is 0 Å².